The van der Waals surface area contributed by atoms with Gasteiger partial charge in [0.15, 0.2) is 15.0 Å². The second-order valence-electron chi connectivity index (χ2n) is 16.3. The molecule has 0 saturated carbocycles. The first kappa shape index (κ1) is 47.4. The zero-order valence-electron chi connectivity index (χ0n) is 37.4. The van der Waals surface area contributed by atoms with Gasteiger partial charge >= 0.3 is 6.09 Å². The lowest BCUT2D eigenvalue weighted by Gasteiger charge is -2.27. The number of benzene rings is 5. The van der Waals surface area contributed by atoms with Gasteiger partial charge in [0.1, 0.15) is 27.7 Å². The Balaban J connectivity index is 1.49. The minimum Gasteiger partial charge on any atom is -0.497 e. The molecule has 346 valence electrons. The van der Waals surface area contributed by atoms with Gasteiger partial charge in [-0.15, -0.1) is 10.2 Å². The zero-order valence-corrected chi connectivity index (χ0v) is 39.8. The third-order valence-electron chi connectivity index (χ3n) is 10.2. The van der Waals surface area contributed by atoms with Gasteiger partial charge in [-0.2, -0.15) is 9.10 Å². The Hall–Kier alpha value is -6.61. The van der Waals surface area contributed by atoms with Gasteiger partial charge < -0.3 is 30.0 Å². The molecule has 3 N–H and O–H groups in total. The van der Waals surface area contributed by atoms with Crippen molar-refractivity contribution in [3.05, 3.63) is 120 Å². The first-order valence-corrected chi connectivity index (χ1v) is 24.5. The van der Waals surface area contributed by atoms with E-state index in [1.165, 1.54) is 53.7 Å². The largest absolute Gasteiger partial charge is 0.497 e. The smallest absolute Gasteiger partial charge is 0.407 e. The normalized spacial score (nSPS) is 12.5. The third-order valence-corrected chi connectivity index (χ3v) is 15.0. The summed E-state index contributed by atoms with van der Waals surface area (Å²) in [6.07, 6.45) is -0.840. The van der Waals surface area contributed by atoms with E-state index in [1.54, 1.807) is 101 Å². The van der Waals surface area contributed by atoms with E-state index in [9.17, 15) is 4.79 Å². The Morgan fingerprint density at radius 1 is 0.788 bits per heavy atom. The van der Waals surface area contributed by atoms with Crippen molar-refractivity contribution in [2.75, 3.05) is 32.8 Å². The molecule has 0 fully saturated rings. The number of rotatable bonds is 17. The number of aromatic nitrogens is 5. The summed E-state index contributed by atoms with van der Waals surface area (Å²) in [4.78, 5) is 17.6. The Kier molecular flexibility index (Phi) is 14.0. The molecule has 5 aromatic carbocycles. The quantitative estimate of drug-likeness (QED) is 0.0912. The van der Waals surface area contributed by atoms with E-state index in [4.69, 9.17) is 29.8 Å². The Labute approximate surface area is 387 Å². The monoisotopic (exact) mass is 954 g/mol. The van der Waals surface area contributed by atoms with Crippen LogP contribution in [0.15, 0.2) is 113 Å². The van der Waals surface area contributed by atoms with Crippen molar-refractivity contribution in [1.82, 2.24) is 34.8 Å². The van der Waals surface area contributed by atoms with Crippen molar-refractivity contribution >= 4 is 52.6 Å². The standard InChI is InChI=1S/C46H50N8O9S3/c1-29(48-45(55)63-46(2,3)4)28-65(56,57)39-24-23-36(37-9-8-10-38-41(37)49-44(47)64-38)40(43-50-52-54(51-43)27-32-15-21-35(62-7)22-16-32)42(39)66(58,59)53(25-30-11-17-33(60-5)18-12-30)26-31-13-19-34(61-6)20-14-31/h8-24,29H,25-28H2,1-7H3,(H2,47,49)(H,48,55)/t29-/m0/s1. The number of fused-ring (bicyclic) bond motifs is 1. The van der Waals surface area contributed by atoms with Crippen molar-refractivity contribution in [3.8, 4) is 39.8 Å². The van der Waals surface area contributed by atoms with Crippen LogP contribution >= 0.6 is 11.3 Å². The number of hydrogen-bond acceptors (Lipinski definition) is 15. The number of hydrogen-bond donors (Lipinski definition) is 2. The van der Waals surface area contributed by atoms with Crippen molar-refractivity contribution < 1.29 is 40.6 Å². The molecule has 0 aliphatic carbocycles. The highest BCUT2D eigenvalue weighted by Crippen LogP contribution is 2.44. The number of amides is 1. The molecule has 0 saturated heterocycles. The first-order valence-electron chi connectivity index (χ1n) is 20.6. The molecular weight excluding hydrogens is 905 g/mol. The maximum absolute atomic E-state index is 16.1. The maximum atomic E-state index is 16.1. The maximum Gasteiger partial charge on any atom is 0.407 e. The Morgan fingerprint density at radius 2 is 1.35 bits per heavy atom. The van der Waals surface area contributed by atoms with Gasteiger partial charge in [0, 0.05) is 24.7 Å². The average Bonchev–Trinajstić information content (AvgIpc) is 3.91. The van der Waals surface area contributed by atoms with Crippen LogP contribution < -0.4 is 25.3 Å². The van der Waals surface area contributed by atoms with E-state index < -0.39 is 53.1 Å². The van der Waals surface area contributed by atoms with Gasteiger partial charge in [-0.1, -0.05) is 65.9 Å². The van der Waals surface area contributed by atoms with Crippen LogP contribution in [0.4, 0.5) is 9.93 Å². The van der Waals surface area contributed by atoms with E-state index in [0.29, 0.717) is 44.2 Å². The molecule has 0 aliphatic heterocycles. The molecule has 7 aromatic rings. The number of alkyl carbamates (subject to hydrolysis) is 1. The number of nitrogens with zero attached hydrogens (tertiary/aromatic N) is 6. The minimum atomic E-state index is -4.93. The van der Waals surface area contributed by atoms with E-state index in [2.05, 4.69) is 20.6 Å². The molecule has 2 aromatic heterocycles. The zero-order chi connectivity index (χ0) is 47.4. The highest BCUT2D eigenvalue weighted by atomic mass is 32.2. The van der Waals surface area contributed by atoms with Crippen molar-refractivity contribution in [2.45, 2.75) is 68.8 Å². The number of nitrogen functional groups attached to an aromatic ring is 1. The second-order valence-corrected chi connectivity index (χ2v) is 21.2. The van der Waals surface area contributed by atoms with Crippen LogP contribution in [0.2, 0.25) is 0 Å². The number of ether oxygens (including phenoxy) is 4. The Bertz CT molecular complexity index is 3010. The first-order chi connectivity index (χ1) is 31.4. The summed E-state index contributed by atoms with van der Waals surface area (Å²) in [6, 6.07) is 28.1. The lowest BCUT2D eigenvalue weighted by molar-refractivity contribution is 0.0513. The third kappa shape index (κ3) is 10.9. The van der Waals surface area contributed by atoms with Crippen LogP contribution in [0.3, 0.4) is 0 Å². The SMILES string of the molecule is COc1ccc(CN(Cc2ccc(OC)cc2)S(=O)(=O)c2c(S(=O)(=O)C[C@H](C)NC(=O)OC(C)(C)C)ccc(-c3cccc4sc(N)nc34)c2-c2nnn(Cc3ccc(OC)cc3)n2)cc1. The molecule has 0 radical (unpaired) electrons. The molecule has 20 heteroatoms. The molecule has 7 rings (SSSR count). The average molecular weight is 955 g/mol. The predicted molar refractivity (Wildman–Crippen MR) is 252 cm³/mol. The van der Waals surface area contributed by atoms with Crippen molar-refractivity contribution in [2.24, 2.45) is 0 Å². The van der Waals surface area contributed by atoms with Crippen LogP contribution in [-0.2, 0) is 44.2 Å². The number of para-hydroxylation sites is 1. The number of sulfone groups is 1. The van der Waals surface area contributed by atoms with Gasteiger partial charge in [0.2, 0.25) is 15.8 Å². The molecule has 1 atom stereocenters. The van der Waals surface area contributed by atoms with E-state index in [0.717, 1.165) is 5.56 Å². The van der Waals surface area contributed by atoms with Crippen LogP contribution in [0, 0.1) is 0 Å². The van der Waals surface area contributed by atoms with Crippen LogP contribution in [0.5, 0.6) is 17.2 Å². The van der Waals surface area contributed by atoms with Gasteiger partial charge in [0.25, 0.3) is 0 Å². The number of anilines is 1. The molecular formula is C46H50N8O9S3. The summed E-state index contributed by atoms with van der Waals surface area (Å²) in [5.74, 6) is 0.871. The molecule has 0 spiro atoms. The molecule has 1 amide bonds. The van der Waals surface area contributed by atoms with Gasteiger partial charge in [-0.05, 0) is 104 Å². The number of carbonyl (C=O) groups excluding carboxylic acids is 1. The minimum absolute atomic E-state index is 0.125. The summed E-state index contributed by atoms with van der Waals surface area (Å²) in [5.41, 5.74) is 8.31. The topological polar surface area (TPSA) is 220 Å². The highest BCUT2D eigenvalue weighted by Gasteiger charge is 2.39. The molecule has 0 bridgehead atoms. The number of sulfonamides is 1. The summed E-state index contributed by atoms with van der Waals surface area (Å²) < 4.78 is 85.5. The van der Waals surface area contributed by atoms with E-state index in [-0.39, 0.29) is 41.7 Å². The summed E-state index contributed by atoms with van der Waals surface area (Å²) in [7, 11) is -4.94. The lowest BCUT2D eigenvalue weighted by atomic mass is 9.98. The van der Waals surface area contributed by atoms with Crippen LogP contribution in [0.25, 0.3) is 32.7 Å². The van der Waals surface area contributed by atoms with Crippen LogP contribution in [-0.4, -0.2) is 91.2 Å². The molecule has 0 unspecified atom stereocenters. The number of methoxy groups -OCH3 is 3. The van der Waals surface area contributed by atoms with Gasteiger partial charge in [0.05, 0.1) is 54.3 Å². The molecule has 0 aliphatic rings. The summed E-state index contributed by atoms with van der Waals surface area (Å²) in [5, 5.41) is 16.3. The fourth-order valence-corrected chi connectivity index (χ4v) is 11.9. The Morgan fingerprint density at radius 3 is 1.89 bits per heavy atom. The van der Waals surface area contributed by atoms with Gasteiger partial charge in [-0.3, -0.25) is 0 Å². The number of carbonyl (C=O) groups is 1. The number of tetrazole rings is 1. The molecule has 2 heterocycles. The fourth-order valence-electron chi connectivity index (χ4n) is 7.19. The predicted octanol–water partition coefficient (Wildman–Crippen LogP) is 7.35. The van der Waals surface area contributed by atoms with Gasteiger partial charge in [-0.25, -0.2) is 26.6 Å². The van der Waals surface area contributed by atoms with E-state index >= 15 is 16.8 Å². The lowest BCUT2D eigenvalue weighted by Crippen LogP contribution is -2.41. The van der Waals surface area contributed by atoms with Crippen molar-refractivity contribution in [1.29, 1.82) is 0 Å². The number of nitrogens with one attached hydrogen (secondary N) is 1. The summed E-state index contributed by atoms with van der Waals surface area (Å²) in [6.45, 7) is 6.25. The van der Waals surface area contributed by atoms with Crippen molar-refractivity contribution in [3.63, 3.8) is 0 Å². The highest BCUT2D eigenvalue weighted by molar-refractivity contribution is 7.93. The number of nitrogens with two attached hydrogens (primary N) is 1. The van der Waals surface area contributed by atoms with Crippen LogP contribution in [0.1, 0.15) is 44.4 Å². The molecule has 66 heavy (non-hydrogen) atoms. The molecule has 17 nitrogen and oxygen atoms in total. The van der Waals surface area contributed by atoms with E-state index in [1.807, 2.05) is 18.2 Å². The second kappa shape index (κ2) is 19.5. The fraction of sp³-hybridized carbons (Fsp3) is 0.283. The number of thiazole rings is 1. The summed E-state index contributed by atoms with van der Waals surface area (Å²) >= 11 is 1.24.